The van der Waals surface area contributed by atoms with Crippen LogP contribution < -0.4 is 5.32 Å². The average molecular weight is 341 g/mol. The molecule has 0 aliphatic carbocycles. The van der Waals surface area contributed by atoms with Crippen molar-refractivity contribution in [1.29, 1.82) is 0 Å². The molecule has 1 amide bonds. The zero-order valence-corrected chi connectivity index (χ0v) is 14.9. The molecule has 1 N–H and O–H groups in total. The number of nitrogens with one attached hydrogen (secondary N) is 1. The molecule has 0 radical (unpaired) electrons. The Morgan fingerprint density at radius 2 is 1.80 bits per heavy atom. The van der Waals surface area contributed by atoms with E-state index >= 15 is 0 Å². The van der Waals surface area contributed by atoms with Gasteiger partial charge in [0.05, 0.1) is 0 Å². The number of carbonyl (C=O) groups is 1. The van der Waals surface area contributed by atoms with E-state index in [0.717, 1.165) is 12.1 Å². The van der Waals surface area contributed by atoms with Gasteiger partial charge in [0.25, 0.3) is 0 Å². The van der Waals surface area contributed by atoms with Crippen LogP contribution in [0, 0.1) is 0 Å². The Hall–Kier alpha value is -2.21. The predicted molar refractivity (Wildman–Crippen MR) is 96.8 cm³/mol. The van der Waals surface area contributed by atoms with Crippen LogP contribution in [0.15, 0.2) is 36.9 Å². The van der Waals surface area contributed by atoms with Crippen LogP contribution in [-0.2, 0) is 17.9 Å². The number of rotatable bonds is 6. The van der Waals surface area contributed by atoms with E-state index < -0.39 is 0 Å². The normalized spacial score (nSPS) is 17.0. The lowest BCUT2D eigenvalue weighted by atomic mass is 10.1. The number of amides is 1. The summed E-state index contributed by atoms with van der Waals surface area (Å²) >= 11 is 0. The van der Waals surface area contributed by atoms with Crippen LogP contribution in [0.25, 0.3) is 0 Å². The summed E-state index contributed by atoms with van der Waals surface area (Å²) in [5.41, 5.74) is 2.45. The van der Waals surface area contributed by atoms with Crippen LogP contribution in [0.2, 0.25) is 0 Å². The quantitative estimate of drug-likeness (QED) is 0.877. The molecular formula is C19H27N5O. The molecule has 1 aromatic carbocycles. The van der Waals surface area contributed by atoms with Crippen molar-refractivity contribution >= 4 is 5.91 Å². The van der Waals surface area contributed by atoms with Crippen LogP contribution in [0.1, 0.15) is 49.8 Å². The van der Waals surface area contributed by atoms with Gasteiger partial charge in [-0.1, -0.05) is 37.1 Å². The zero-order chi connectivity index (χ0) is 17.5. The topological polar surface area (TPSA) is 63.1 Å². The summed E-state index contributed by atoms with van der Waals surface area (Å²) in [6.45, 7) is 5.78. The molecule has 1 atom stereocenters. The fourth-order valence-corrected chi connectivity index (χ4v) is 3.19. The van der Waals surface area contributed by atoms with Crippen molar-refractivity contribution in [2.24, 2.45) is 0 Å². The first-order valence-corrected chi connectivity index (χ1v) is 9.14. The number of likely N-dealkylation sites (tertiary alicyclic amines) is 1. The maximum Gasteiger partial charge on any atom is 0.244 e. The van der Waals surface area contributed by atoms with Crippen molar-refractivity contribution in [1.82, 2.24) is 25.0 Å². The van der Waals surface area contributed by atoms with Crippen molar-refractivity contribution in [3.05, 3.63) is 48.0 Å². The molecule has 2 aromatic rings. The van der Waals surface area contributed by atoms with Crippen molar-refractivity contribution < 1.29 is 4.79 Å². The first kappa shape index (κ1) is 17.6. The van der Waals surface area contributed by atoms with Gasteiger partial charge < -0.3 is 5.32 Å². The fraction of sp³-hybridized carbons (Fsp3) is 0.526. The maximum absolute atomic E-state index is 12.2. The van der Waals surface area contributed by atoms with Crippen molar-refractivity contribution in [3.63, 3.8) is 0 Å². The van der Waals surface area contributed by atoms with E-state index in [-0.39, 0.29) is 11.9 Å². The van der Waals surface area contributed by atoms with Gasteiger partial charge in [-0.05, 0) is 44.0 Å². The summed E-state index contributed by atoms with van der Waals surface area (Å²) in [4.78, 5) is 18.6. The summed E-state index contributed by atoms with van der Waals surface area (Å²) in [5.74, 6) is -0.0563. The van der Waals surface area contributed by atoms with Gasteiger partial charge in [0.2, 0.25) is 5.91 Å². The molecular weight excluding hydrogens is 314 g/mol. The van der Waals surface area contributed by atoms with E-state index in [9.17, 15) is 4.79 Å². The molecule has 25 heavy (non-hydrogen) atoms. The highest BCUT2D eigenvalue weighted by Gasteiger charge is 2.15. The lowest BCUT2D eigenvalue weighted by Crippen LogP contribution is -2.30. The summed E-state index contributed by atoms with van der Waals surface area (Å²) < 4.78 is 1.56. The Balaban J connectivity index is 1.48. The Labute approximate surface area is 149 Å². The first-order chi connectivity index (χ1) is 12.2. The standard InChI is InChI=1S/C19H27N5O/c1-16(24-15-20-14-22-24)19(25)21-12-17-6-8-18(9-7-17)13-23-10-4-2-3-5-11-23/h6-9,14-16H,2-5,10-13H2,1H3,(H,21,25)/t16-/m0/s1. The summed E-state index contributed by atoms with van der Waals surface area (Å²) in [5, 5.41) is 6.96. The molecule has 6 nitrogen and oxygen atoms in total. The molecule has 1 saturated heterocycles. The van der Waals surface area contributed by atoms with Crippen LogP contribution in [0.3, 0.4) is 0 Å². The van der Waals surface area contributed by atoms with Gasteiger partial charge in [-0.3, -0.25) is 9.69 Å². The molecule has 134 valence electrons. The van der Waals surface area contributed by atoms with Crippen LogP contribution in [0.5, 0.6) is 0 Å². The number of hydrogen-bond acceptors (Lipinski definition) is 4. The molecule has 0 bridgehead atoms. The van der Waals surface area contributed by atoms with Crippen molar-refractivity contribution in [2.75, 3.05) is 13.1 Å². The molecule has 0 saturated carbocycles. The van der Waals surface area contributed by atoms with E-state index in [4.69, 9.17) is 0 Å². The van der Waals surface area contributed by atoms with Crippen molar-refractivity contribution in [3.8, 4) is 0 Å². The molecule has 3 rings (SSSR count). The van der Waals surface area contributed by atoms with Gasteiger partial charge in [0.1, 0.15) is 18.7 Å². The number of benzene rings is 1. The Morgan fingerprint density at radius 1 is 1.12 bits per heavy atom. The smallest absolute Gasteiger partial charge is 0.244 e. The highest BCUT2D eigenvalue weighted by atomic mass is 16.2. The monoisotopic (exact) mass is 341 g/mol. The molecule has 1 fully saturated rings. The highest BCUT2D eigenvalue weighted by molar-refractivity contribution is 5.79. The van der Waals surface area contributed by atoms with Gasteiger partial charge >= 0.3 is 0 Å². The first-order valence-electron chi connectivity index (χ1n) is 9.14. The lowest BCUT2D eigenvalue weighted by Gasteiger charge is -2.20. The van der Waals surface area contributed by atoms with E-state index in [0.29, 0.717) is 6.54 Å². The molecule has 0 spiro atoms. The van der Waals surface area contributed by atoms with Crippen LogP contribution >= 0.6 is 0 Å². The molecule has 0 unspecified atom stereocenters. The molecule has 1 aliphatic rings. The second-order valence-electron chi connectivity index (χ2n) is 6.78. The minimum Gasteiger partial charge on any atom is -0.350 e. The van der Waals surface area contributed by atoms with Gasteiger partial charge in [-0.15, -0.1) is 0 Å². The third-order valence-electron chi connectivity index (χ3n) is 4.81. The molecule has 6 heteroatoms. The Morgan fingerprint density at radius 3 is 2.44 bits per heavy atom. The fourth-order valence-electron chi connectivity index (χ4n) is 3.19. The van der Waals surface area contributed by atoms with Crippen LogP contribution in [-0.4, -0.2) is 38.7 Å². The summed E-state index contributed by atoms with van der Waals surface area (Å²) in [6, 6.07) is 8.20. The number of hydrogen-bond donors (Lipinski definition) is 1. The predicted octanol–water partition coefficient (Wildman–Crippen LogP) is 2.53. The minimum atomic E-state index is -0.357. The van der Waals surface area contributed by atoms with Gasteiger partial charge in [0, 0.05) is 13.1 Å². The van der Waals surface area contributed by atoms with Gasteiger partial charge in [-0.2, -0.15) is 5.10 Å². The number of aromatic nitrogens is 3. The Bertz CT molecular complexity index is 645. The largest absolute Gasteiger partial charge is 0.350 e. The molecule has 1 aliphatic heterocycles. The molecule has 1 aromatic heterocycles. The van der Waals surface area contributed by atoms with E-state index in [1.165, 1.54) is 50.7 Å². The van der Waals surface area contributed by atoms with Gasteiger partial charge in [0.15, 0.2) is 0 Å². The summed E-state index contributed by atoms with van der Waals surface area (Å²) in [6.07, 6.45) is 8.35. The summed E-state index contributed by atoms with van der Waals surface area (Å²) in [7, 11) is 0. The molecule has 2 heterocycles. The minimum absolute atomic E-state index is 0.0563. The number of carbonyl (C=O) groups excluding carboxylic acids is 1. The van der Waals surface area contributed by atoms with E-state index in [1.807, 2.05) is 6.92 Å². The Kier molecular flexibility index (Phi) is 6.17. The zero-order valence-electron chi connectivity index (χ0n) is 14.9. The lowest BCUT2D eigenvalue weighted by molar-refractivity contribution is -0.124. The third kappa shape index (κ3) is 5.13. The van der Waals surface area contributed by atoms with Crippen molar-refractivity contribution in [2.45, 2.75) is 51.7 Å². The SMILES string of the molecule is C[C@@H](C(=O)NCc1ccc(CN2CCCCCC2)cc1)n1cncn1. The third-order valence-corrected chi connectivity index (χ3v) is 4.81. The number of nitrogens with zero attached hydrogens (tertiary/aromatic N) is 4. The average Bonchev–Trinajstić information content (AvgIpc) is 3.06. The van der Waals surface area contributed by atoms with E-state index in [1.54, 1.807) is 11.0 Å². The van der Waals surface area contributed by atoms with Gasteiger partial charge in [-0.25, -0.2) is 9.67 Å². The van der Waals surface area contributed by atoms with E-state index in [2.05, 4.69) is 44.6 Å². The second kappa shape index (κ2) is 8.76. The second-order valence-corrected chi connectivity index (χ2v) is 6.78. The maximum atomic E-state index is 12.2. The highest BCUT2D eigenvalue weighted by Crippen LogP contribution is 2.14. The van der Waals surface area contributed by atoms with Crippen LogP contribution in [0.4, 0.5) is 0 Å².